The molecule has 76 valence electrons. The van der Waals surface area contributed by atoms with Crippen molar-refractivity contribution in [2.45, 2.75) is 39.5 Å². The van der Waals surface area contributed by atoms with Gasteiger partial charge in [-0.3, -0.25) is 0 Å². The molecule has 0 saturated heterocycles. The second kappa shape index (κ2) is 9.17. The van der Waals surface area contributed by atoms with Crippen LogP contribution in [-0.2, 0) is 0 Å². The van der Waals surface area contributed by atoms with E-state index in [1.807, 2.05) is 25.3 Å². The van der Waals surface area contributed by atoms with Gasteiger partial charge in [-0.05, 0) is 25.6 Å². The third-order valence-electron chi connectivity index (χ3n) is 1.90. The Labute approximate surface area is 81.9 Å². The molecular formula is C11H22N2. The summed E-state index contributed by atoms with van der Waals surface area (Å²) in [4.78, 5) is 0. The maximum atomic E-state index is 5.57. The highest BCUT2D eigenvalue weighted by Gasteiger charge is 1.84. The van der Waals surface area contributed by atoms with Gasteiger partial charge in [0.05, 0.1) is 0 Å². The number of allylic oxidation sites excluding steroid dienone is 2. The Bertz CT molecular complexity index is 159. The number of hydrogen-bond donors (Lipinski definition) is 2. The van der Waals surface area contributed by atoms with E-state index in [2.05, 4.69) is 12.2 Å². The fourth-order valence-corrected chi connectivity index (χ4v) is 0.989. The van der Waals surface area contributed by atoms with Crippen LogP contribution >= 0.6 is 0 Å². The molecule has 0 aromatic rings. The van der Waals surface area contributed by atoms with Crippen molar-refractivity contribution < 1.29 is 0 Å². The van der Waals surface area contributed by atoms with Crippen LogP contribution in [0.1, 0.15) is 39.5 Å². The molecule has 0 bridgehead atoms. The predicted molar refractivity (Wildman–Crippen MR) is 59.2 cm³/mol. The number of nitrogens with two attached hydrogens (primary N) is 1. The van der Waals surface area contributed by atoms with E-state index in [0.29, 0.717) is 0 Å². The van der Waals surface area contributed by atoms with E-state index < -0.39 is 0 Å². The van der Waals surface area contributed by atoms with Crippen molar-refractivity contribution in [1.29, 1.82) is 0 Å². The van der Waals surface area contributed by atoms with Gasteiger partial charge < -0.3 is 11.1 Å². The van der Waals surface area contributed by atoms with Crippen LogP contribution in [0.3, 0.4) is 0 Å². The molecule has 0 amide bonds. The standard InChI is InChI=1S/C11H22N2/c1-3-5-6-7-9-13-10-8-11(12)4-2/h4,8,10,13H,3,5-7,9,12H2,1-2H3/b10-8-,11-4+. The van der Waals surface area contributed by atoms with Gasteiger partial charge >= 0.3 is 0 Å². The summed E-state index contributed by atoms with van der Waals surface area (Å²) in [7, 11) is 0. The van der Waals surface area contributed by atoms with E-state index in [9.17, 15) is 0 Å². The van der Waals surface area contributed by atoms with Gasteiger partial charge in [-0.25, -0.2) is 0 Å². The normalized spacial score (nSPS) is 12.3. The minimum Gasteiger partial charge on any atom is -0.399 e. The second-order valence-corrected chi connectivity index (χ2v) is 3.14. The number of unbranched alkanes of at least 4 members (excludes halogenated alkanes) is 3. The van der Waals surface area contributed by atoms with E-state index in [1.54, 1.807) is 0 Å². The Kier molecular flexibility index (Phi) is 8.52. The fourth-order valence-electron chi connectivity index (χ4n) is 0.989. The fraction of sp³-hybridized carbons (Fsp3) is 0.636. The SMILES string of the molecule is C/C=C(N)\C=C/NCCCCCC. The van der Waals surface area contributed by atoms with Crippen molar-refractivity contribution in [3.8, 4) is 0 Å². The zero-order valence-corrected chi connectivity index (χ0v) is 8.84. The minimum atomic E-state index is 0.807. The van der Waals surface area contributed by atoms with Crippen molar-refractivity contribution in [2.24, 2.45) is 5.73 Å². The summed E-state index contributed by atoms with van der Waals surface area (Å²) in [5.74, 6) is 0. The van der Waals surface area contributed by atoms with Crippen LogP contribution in [0.25, 0.3) is 0 Å². The number of hydrogen-bond acceptors (Lipinski definition) is 2. The molecule has 2 nitrogen and oxygen atoms in total. The zero-order chi connectivity index (χ0) is 9.94. The largest absolute Gasteiger partial charge is 0.399 e. The lowest BCUT2D eigenvalue weighted by Crippen LogP contribution is -2.07. The summed E-state index contributed by atoms with van der Waals surface area (Å²) in [6, 6.07) is 0. The number of nitrogens with one attached hydrogen (secondary N) is 1. The molecule has 0 atom stereocenters. The van der Waals surface area contributed by atoms with Crippen molar-refractivity contribution in [2.75, 3.05) is 6.54 Å². The molecule has 0 saturated carbocycles. The van der Waals surface area contributed by atoms with E-state index in [1.165, 1.54) is 25.7 Å². The molecule has 2 heteroatoms. The highest BCUT2D eigenvalue weighted by atomic mass is 14.8. The first-order chi connectivity index (χ1) is 6.31. The molecule has 0 unspecified atom stereocenters. The quantitative estimate of drug-likeness (QED) is 0.469. The van der Waals surface area contributed by atoms with Gasteiger partial charge in [-0.2, -0.15) is 0 Å². The summed E-state index contributed by atoms with van der Waals surface area (Å²) < 4.78 is 0. The van der Waals surface area contributed by atoms with Gasteiger partial charge in [0.25, 0.3) is 0 Å². The minimum absolute atomic E-state index is 0.807. The molecule has 0 radical (unpaired) electrons. The van der Waals surface area contributed by atoms with Crippen molar-refractivity contribution in [3.05, 3.63) is 24.0 Å². The Morgan fingerprint density at radius 2 is 2.08 bits per heavy atom. The molecule has 0 heterocycles. The maximum Gasteiger partial charge on any atom is 0.0285 e. The molecular weight excluding hydrogens is 160 g/mol. The van der Waals surface area contributed by atoms with Gasteiger partial charge in [-0.1, -0.05) is 32.3 Å². The van der Waals surface area contributed by atoms with Gasteiger partial charge in [0, 0.05) is 12.2 Å². The average Bonchev–Trinajstić information content (AvgIpc) is 2.16. The highest BCUT2D eigenvalue weighted by molar-refractivity contribution is 5.12. The van der Waals surface area contributed by atoms with E-state index in [0.717, 1.165) is 12.2 Å². The molecule has 3 N–H and O–H groups in total. The topological polar surface area (TPSA) is 38.0 Å². The molecule has 0 fully saturated rings. The third-order valence-corrected chi connectivity index (χ3v) is 1.90. The molecule has 0 rings (SSSR count). The Morgan fingerprint density at radius 1 is 1.31 bits per heavy atom. The Balaban J connectivity index is 3.20. The van der Waals surface area contributed by atoms with E-state index in [4.69, 9.17) is 5.73 Å². The number of rotatable bonds is 7. The zero-order valence-electron chi connectivity index (χ0n) is 8.84. The summed E-state index contributed by atoms with van der Waals surface area (Å²) >= 11 is 0. The molecule has 0 aliphatic carbocycles. The predicted octanol–water partition coefficient (Wildman–Crippen LogP) is 2.53. The van der Waals surface area contributed by atoms with Crippen LogP contribution in [0.4, 0.5) is 0 Å². The van der Waals surface area contributed by atoms with Crippen molar-refractivity contribution >= 4 is 0 Å². The van der Waals surface area contributed by atoms with Crippen LogP contribution in [-0.4, -0.2) is 6.54 Å². The van der Waals surface area contributed by atoms with Crippen LogP contribution in [0.15, 0.2) is 24.0 Å². The van der Waals surface area contributed by atoms with Crippen LogP contribution in [0.5, 0.6) is 0 Å². The van der Waals surface area contributed by atoms with Gasteiger partial charge in [0.1, 0.15) is 0 Å². The average molecular weight is 182 g/mol. The molecule has 0 spiro atoms. The van der Waals surface area contributed by atoms with Gasteiger partial charge in [-0.15, -0.1) is 0 Å². The Hall–Kier alpha value is -0.920. The van der Waals surface area contributed by atoms with Crippen LogP contribution < -0.4 is 11.1 Å². The summed E-state index contributed by atoms with van der Waals surface area (Å²) in [5.41, 5.74) is 6.38. The second-order valence-electron chi connectivity index (χ2n) is 3.14. The first-order valence-electron chi connectivity index (χ1n) is 5.13. The lowest BCUT2D eigenvalue weighted by atomic mass is 10.2. The first kappa shape index (κ1) is 12.1. The van der Waals surface area contributed by atoms with Crippen LogP contribution in [0.2, 0.25) is 0 Å². The molecule has 0 aromatic carbocycles. The van der Waals surface area contributed by atoms with E-state index >= 15 is 0 Å². The van der Waals surface area contributed by atoms with Gasteiger partial charge in [0.15, 0.2) is 0 Å². The smallest absolute Gasteiger partial charge is 0.0285 e. The lowest BCUT2D eigenvalue weighted by Gasteiger charge is -1.99. The van der Waals surface area contributed by atoms with E-state index in [-0.39, 0.29) is 0 Å². The third kappa shape index (κ3) is 8.99. The summed E-state index contributed by atoms with van der Waals surface area (Å²) in [6.45, 7) is 5.20. The summed E-state index contributed by atoms with van der Waals surface area (Å²) in [5, 5.41) is 3.21. The van der Waals surface area contributed by atoms with Gasteiger partial charge in [0.2, 0.25) is 0 Å². The Morgan fingerprint density at radius 3 is 2.69 bits per heavy atom. The van der Waals surface area contributed by atoms with Crippen LogP contribution in [0, 0.1) is 0 Å². The maximum absolute atomic E-state index is 5.57. The monoisotopic (exact) mass is 182 g/mol. The molecule has 0 aromatic heterocycles. The first-order valence-corrected chi connectivity index (χ1v) is 5.13. The molecule has 0 aliphatic rings. The van der Waals surface area contributed by atoms with Crippen molar-refractivity contribution in [3.63, 3.8) is 0 Å². The summed E-state index contributed by atoms with van der Waals surface area (Å²) in [6.07, 6.45) is 10.9. The molecule has 13 heavy (non-hydrogen) atoms. The van der Waals surface area contributed by atoms with Crippen molar-refractivity contribution in [1.82, 2.24) is 5.32 Å². The molecule has 0 aliphatic heterocycles. The highest BCUT2D eigenvalue weighted by Crippen LogP contribution is 1.96. The lowest BCUT2D eigenvalue weighted by molar-refractivity contribution is 0.645.